The zero-order valence-electron chi connectivity index (χ0n) is 19.9. The molecule has 1 spiro atoms. The number of oxime groups is 1. The molecule has 3 aliphatic heterocycles. The van der Waals surface area contributed by atoms with E-state index >= 15 is 0 Å². The van der Waals surface area contributed by atoms with Gasteiger partial charge in [-0.3, -0.25) is 14.4 Å². The molecule has 1 saturated heterocycles. The van der Waals surface area contributed by atoms with Gasteiger partial charge in [-0.2, -0.15) is 0 Å². The SMILES string of the molecule is COC1=NO[C@@]2(CC[C@H](C)N3C[C@H]2n2cc(C(=O)NCc4ccc(F)c(Cl)c4F)c(=O)c(O)c2C3=O)C1. The number of ether oxygens (including phenoxy) is 1. The number of methoxy groups -OCH3 is 1. The van der Waals surface area contributed by atoms with Crippen LogP contribution in [-0.4, -0.2) is 57.6 Å². The van der Waals surface area contributed by atoms with Gasteiger partial charge >= 0.3 is 0 Å². The van der Waals surface area contributed by atoms with Crippen molar-refractivity contribution in [3.05, 3.63) is 62.0 Å². The molecule has 1 fully saturated rings. The Morgan fingerprint density at radius 3 is 2.84 bits per heavy atom. The van der Waals surface area contributed by atoms with E-state index in [-0.39, 0.29) is 23.8 Å². The molecular weight excluding hydrogens is 514 g/mol. The van der Waals surface area contributed by atoms with E-state index in [0.29, 0.717) is 25.2 Å². The van der Waals surface area contributed by atoms with Crippen LogP contribution in [0.4, 0.5) is 8.78 Å². The number of pyridine rings is 1. The number of carbonyl (C=O) groups excluding carboxylic acids is 2. The summed E-state index contributed by atoms with van der Waals surface area (Å²) in [6.07, 6.45) is 2.57. The van der Waals surface area contributed by atoms with E-state index in [0.717, 1.165) is 12.1 Å². The van der Waals surface area contributed by atoms with Crippen molar-refractivity contribution in [2.24, 2.45) is 5.16 Å². The van der Waals surface area contributed by atoms with Gasteiger partial charge in [0, 0.05) is 30.9 Å². The average Bonchev–Trinajstić information content (AvgIpc) is 3.26. The van der Waals surface area contributed by atoms with E-state index in [1.807, 2.05) is 6.92 Å². The van der Waals surface area contributed by atoms with Crippen LogP contribution in [0.2, 0.25) is 5.02 Å². The second-order valence-electron chi connectivity index (χ2n) is 9.38. The van der Waals surface area contributed by atoms with Crippen molar-refractivity contribution in [2.45, 2.75) is 50.4 Å². The normalized spacial score (nSPS) is 24.3. The summed E-state index contributed by atoms with van der Waals surface area (Å²) in [5.41, 5.74) is -2.82. The van der Waals surface area contributed by atoms with Gasteiger partial charge in [-0.15, -0.1) is 0 Å². The van der Waals surface area contributed by atoms with Crippen LogP contribution < -0.4 is 10.7 Å². The van der Waals surface area contributed by atoms with Crippen molar-refractivity contribution in [2.75, 3.05) is 13.7 Å². The number of benzene rings is 1. The second kappa shape index (κ2) is 9.02. The Morgan fingerprint density at radius 1 is 1.38 bits per heavy atom. The van der Waals surface area contributed by atoms with Gasteiger partial charge in [0.2, 0.25) is 11.3 Å². The second-order valence-corrected chi connectivity index (χ2v) is 9.75. The van der Waals surface area contributed by atoms with E-state index in [1.165, 1.54) is 17.9 Å². The van der Waals surface area contributed by atoms with Gasteiger partial charge in [-0.05, 0) is 25.8 Å². The molecule has 2 amide bonds. The fraction of sp³-hybridized carbons (Fsp3) is 0.417. The van der Waals surface area contributed by atoms with Gasteiger partial charge in [0.15, 0.2) is 17.0 Å². The number of rotatable bonds is 3. The third-order valence-corrected chi connectivity index (χ3v) is 7.66. The summed E-state index contributed by atoms with van der Waals surface area (Å²) >= 11 is 5.59. The van der Waals surface area contributed by atoms with Gasteiger partial charge < -0.3 is 29.5 Å². The maximum absolute atomic E-state index is 14.3. The first-order valence-corrected chi connectivity index (χ1v) is 11.9. The number of halogens is 3. The Morgan fingerprint density at radius 2 is 2.14 bits per heavy atom. The molecule has 4 heterocycles. The summed E-state index contributed by atoms with van der Waals surface area (Å²) < 4.78 is 34.4. The molecule has 5 rings (SSSR count). The molecule has 0 radical (unpaired) electrons. The number of amides is 2. The van der Waals surface area contributed by atoms with Gasteiger partial charge in [-0.1, -0.05) is 22.8 Å². The number of aromatic nitrogens is 1. The molecule has 1 aromatic carbocycles. The zero-order chi connectivity index (χ0) is 26.6. The Bertz CT molecular complexity index is 1410. The van der Waals surface area contributed by atoms with Crippen molar-refractivity contribution in [1.29, 1.82) is 0 Å². The first-order valence-electron chi connectivity index (χ1n) is 11.6. The van der Waals surface area contributed by atoms with E-state index in [4.69, 9.17) is 21.2 Å². The lowest BCUT2D eigenvalue weighted by molar-refractivity contribution is -0.0655. The van der Waals surface area contributed by atoms with Crippen molar-refractivity contribution in [3.63, 3.8) is 0 Å². The molecule has 37 heavy (non-hydrogen) atoms. The van der Waals surface area contributed by atoms with E-state index in [9.17, 15) is 28.3 Å². The molecule has 2 aromatic rings. The lowest BCUT2D eigenvalue weighted by atomic mass is 9.85. The van der Waals surface area contributed by atoms with Crippen LogP contribution in [0, 0.1) is 11.6 Å². The maximum atomic E-state index is 14.3. The predicted octanol–water partition coefficient (Wildman–Crippen LogP) is 2.71. The van der Waals surface area contributed by atoms with Crippen molar-refractivity contribution in [1.82, 2.24) is 14.8 Å². The van der Waals surface area contributed by atoms with E-state index in [1.54, 1.807) is 4.90 Å². The molecule has 0 saturated carbocycles. The molecule has 3 atom stereocenters. The number of fused-ring (bicyclic) bond motifs is 5. The van der Waals surface area contributed by atoms with Crippen LogP contribution in [0.1, 0.15) is 58.6 Å². The zero-order valence-corrected chi connectivity index (χ0v) is 20.6. The largest absolute Gasteiger partial charge is 0.503 e. The highest BCUT2D eigenvalue weighted by Gasteiger charge is 2.54. The third-order valence-electron chi connectivity index (χ3n) is 7.32. The first kappa shape index (κ1) is 25.0. The fourth-order valence-electron chi connectivity index (χ4n) is 5.17. The van der Waals surface area contributed by atoms with Crippen molar-refractivity contribution < 1.29 is 33.1 Å². The summed E-state index contributed by atoms with van der Waals surface area (Å²) in [5, 5.41) is 16.5. The molecule has 10 nitrogen and oxygen atoms in total. The summed E-state index contributed by atoms with van der Waals surface area (Å²) in [6.45, 7) is 1.66. The van der Waals surface area contributed by atoms with E-state index < -0.39 is 63.4 Å². The summed E-state index contributed by atoms with van der Waals surface area (Å²) in [7, 11) is 1.47. The van der Waals surface area contributed by atoms with Crippen LogP contribution in [0.25, 0.3) is 0 Å². The van der Waals surface area contributed by atoms with Crippen molar-refractivity contribution >= 4 is 29.3 Å². The predicted molar refractivity (Wildman–Crippen MR) is 127 cm³/mol. The number of aromatic hydroxyl groups is 1. The fourth-order valence-corrected chi connectivity index (χ4v) is 5.35. The van der Waals surface area contributed by atoms with Gasteiger partial charge in [-0.25, -0.2) is 8.78 Å². The average molecular weight is 537 g/mol. The summed E-state index contributed by atoms with van der Waals surface area (Å²) in [5.74, 6) is -3.98. The molecule has 1 aromatic heterocycles. The molecule has 196 valence electrons. The highest BCUT2D eigenvalue weighted by Crippen LogP contribution is 2.46. The third kappa shape index (κ3) is 3.90. The smallest absolute Gasteiger partial charge is 0.274 e. The molecule has 2 N–H and O–H groups in total. The first-order chi connectivity index (χ1) is 17.6. The van der Waals surface area contributed by atoms with Crippen LogP contribution in [0.3, 0.4) is 0 Å². The topological polar surface area (TPSA) is 122 Å². The molecule has 0 unspecified atom stereocenters. The summed E-state index contributed by atoms with van der Waals surface area (Å²) in [4.78, 5) is 46.7. The molecule has 3 aliphatic rings. The van der Waals surface area contributed by atoms with Gasteiger partial charge in [0.25, 0.3) is 11.8 Å². The number of hydrogen-bond acceptors (Lipinski definition) is 7. The molecule has 13 heteroatoms. The molecular formula is C24H23ClF2N4O6. The summed E-state index contributed by atoms with van der Waals surface area (Å²) in [6, 6.07) is 1.26. The number of nitrogens with one attached hydrogen (secondary N) is 1. The quantitative estimate of drug-likeness (QED) is 0.582. The van der Waals surface area contributed by atoms with Crippen LogP contribution in [-0.2, 0) is 16.1 Å². The Hall–Kier alpha value is -3.67. The number of hydrogen-bond donors (Lipinski definition) is 2. The standard InChI is InChI=1S/C24H23ClF2N4O6/c1-11-5-6-24(7-16(36-2)29-37-24)15-10-30(11)23(35)19-21(33)20(32)13(9-31(15)19)22(34)28-8-12-3-4-14(26)17(25)18(12)27/h3-4,9,11,15,33H,5-8,10H2,1-2H3,(H,28,34)/t11-,15+,24-/m0/s1. The minimum Gasteiger partial charge on any atom is -0.503 e. The molecule has 0 aliphatic carbocycles. The minimum atomic E-state index is -1.06. The Kier molecular flexibility index (Phi) is 6.09. The van der Waals surface area contributed by atoms with Crippen molar-refractivity contribution in [3.8, 4) is 5.75 Å². The minimum absolute atomic E-state index is 0.104. The monoisotopic (exact) mass is 536 g/mol. The lowest BCUT2D eigenvalue weighted by Crippen LogP contribution is -2.52. The molecule has 2 bridgehead atoms. The maximum Gasteiger partial charge on any atom is 0.274 e. The van der Waals surface area contributed by atoms with E-state index in [2.05, 4.69) is 10.5 Å². The van der Waals surface area contributed by atoms with Gasteiger partial charge in [0.05, 0.1) is 19.6 Å². The Balaban J connectivity index is 1.54. The highest BCUT2D eigenvalue weighted by molar-refractivity contribution is 6.30. The highest BCUT2D eigenvalue weighted by atomic mass is 35.5. The van der Waals surface area contributed by atoms with Crippen LogP contribution in [0.5, 0.6) is 5.75 Å². The lowest BCUT2D eigenvalue weighted by Gasteiger charge is -2.41. The Labute approximate surface area is 214 Å². The number of nitrogens with zero attached hydrogens (tertiary/aromatic N) is 3. The van der Waals surface area contributed by atoms with Gasteiger partial charge in [0.1, 0.15) is 22.2 Å². The number of carbonyl (C=O) groups is 2. The van der Waals surface area contributed by atoms with Crippen LogP contribution >= 0.6 is 11.6 Å². The van der Waals surface area contributed by atoms with Crippen LogP contribution in [0.15, 0.2) is 28.3 Å².